The van der Waals surface area contributed by atoms with Crippen molar-refractivity contribution in [2.24, 2.45) is 0 Å². The standard InChI is InChI=1S/C16H17N3O3S/c20-16(11-5-1-3-7-13(11)19(21)22)17-10-9-15-18-12-6-2-4-8-14(12)23-15/h1,3,5,7H,2,4,6,8-10H2,(H,17,20). The van der Waals surface area contributed by atoms with E-state index in [0.29, 0.717) is 13.0 Å². The second kappa shape index (κ2) is 6.87. The van der Waals surface area contributed by atoms with Crippen molar-refractivity contribution >= 4 is 22.9 Å². The number of nitro groups is 1. The van der Waals surface area contributed by atoms with Crippen LogP contribution in [0.2, 0.25) is 0 Å². The number of rotatable bonds is 5. The zero-order valence-electron chi connectivity index (χ0n) is 12.6. The highest BCUT2D eigenvalue weighted by Gasteiger charge is 2.19. The molecule has 0 radical (unpaired) electrons. The molecule has 23 heavy (non-hydrogen) atoms. The number of benzene rings is 1. The number of thiazole rings is 1. The normalized spacial score (nSPS) is 13.4. The lowest BCUT2D eigenvalue weighted by molar-refractivity contribution is -0.385. The summed E-state index contributed by atoms with van der Waals surface area (Å²) in [5.41, 5.74) is 1.13. The van der Waals surface area contributed by atoms with Crippen LogP contribution in [0.5, 0.6) is 0 Å². The van der Waals surface area contributed by atoms with E-state index in [0.717, 1.165) is 17.8 Å². The first-order valence-corrected chi connectivity index (χ1v) is 8.46. The van der Waals surface area contributed by atoms with Gasteiger partial charge in [0.2, 0.25) is 0 Å². The largest absolute Gasteiger partial charge is 0.351 e. The minimum atomic E-state index is -0.538. The van der Waals surface area contributed by atoms with Crippen molar-refractivity contribution in [3.63, 3.8) is 0 Å². The van der Waals surface area contributed by atoms with E-state index in [-0.39, 0.29) is 11.3 Å². The Hall–Kier alpha value is -2.28. The van der Waals surface area contributed by atoms with Gasteiger partial charge in [0.1, 0.15) is 5.56 Å². The number of nitrogens with one attached hydrogen (secondary N) is 1. The van der Waals surface area contributed by atoms with Crippen LogP contribution < -0.4 is 5.32 Å². The third-order valence-electron chi connectivity index (χ3n) is 3.86. The van der Waals surface area contributed by atoms with Crippen molar-refractivity contribution in [2.75, 3.05) is 6.54 Å². The minimum absolute atomic E-state index is 0.0935. The van der Waals surface area contributed by atoms with Gasteiger partial charge in [0, 0.05) is 23.9 Å². The van der Waals surface area contributed by atoms with E-state index in [4.69, 9.17) is 0 Å². The molecule has 1 aliphatic rings. The van der Waals surface area contributed by atoms with E-state index < -0.39 is 10.8 Å². The Bertz CT molecular complexity index is 718. The van der Waals surface area contributed by atoms with Gasteiger partial charge in [-0.1, -0.05) is 12.1 Å². The summed E-state index contributed by atoms with van der Waals surface area (Å²) in [5, 5.41) is 14.7. The number of fused-ring (bicyclic) bond motifs is 1. The Kier molecular flexibility index (Phi) is 4.66. The Morgan fingerprint density at radius 2 is 2.09 bits per heavy atom. The second-order valence-electron chi connectivity index (χ2n) is 5.46. The second-order valence-corrected chi connectivity index (χ2v) is 6.63. The molecule has 0 bridgehead atoms. The molecule has 1 amide bonds. The summed E-state index contributed by atoms with van der Waals surface area (Å²) in [6.07, 6.45) is 5.24. The van der Waals surface area contributed by atoms with Gasteiger partial charge >= 0.3 is 0 Å². The van der Waals surface area contributed by atoms with E-state index in [2.05, 4.69) is 10.3 Å². The molecule has 0 saturated heterocycles. The highest BCUT2D eigenvalue weighted by Crippen LogP contribution is 2.26. The van der Waals surface area contributed by atoms with Gasteiger partial charge in [-0.25, -0.2) is 4.98 Å². The number of aryl methyl sites for hydroxylation is 2. The van der Waals surface area contributed by atoms with E-state index in [1.807, 2.05) is 0 Å². The number of hydrogen-bond acceptors (Lipinski definition) is 5. The van der Waals surface area contributed by atoms with E-state index in [1.54, 1.807) is 23.5 Å². The van der Waals surface area contributed by atoms with Crippen LogP contribution in [0.25, 0.3) is 0 Å². The summed E-state index contributed by atoms with van der Waals surface area (Å²) in [4.78, 5) is 28.5. The van der Waals surface area contributed by atoms with Crippen LogP contribution in [-0.2, 0) is 19.3 Å². The van der Waals surface area contributed by atoms with Gasteiger partial charge in [-0.15, -0.1) is 11.3 Å². The zero-order chi connectivity index (χ0) is 16.2. The Balaban J connectivity index is 1.59. The molecular formula is C16H17N3O3S. The van der Waals surface area contributed by atoms with E-state index in [9.17, 15) is 14.9 Å². The predicted octanol–water partition coefficient (Wildman–Crippen LogP) is 2.90. The first-order valence-electron chi connectivity index (χ1n) is 7.64. The maximum atomic E-state index is 12.1. The summed E-state index contributed by atoms with van der Waals surface area (Å²) in [5.74, 6) is -0.418. The van der Waals surface area contributed by atoms with Crippen LogP contribution in [0.3, 0.4) is 0 Å². The van der Waals surface area contributed by atoms with Crippen molar-refractivity contribution < 1.29 is 9.72 Å². The number of para-hydroxylation sites is 1. The summed E-state index contributed by atoms with van der Waals surface area (Å²) in [7, 11) is 0. The molecule has 0 saturated carbocycles. The molecule has 0 atom stereocenters. The summed E-state index contributed by atoms with van der Waals surface area (Å²) < 4.78 is 0. The molecule has 3 rings (SSSR count). The van der Waals surface area contributed by atoms with Gasteiger partial charge in [-0.05, 0) is 31.7 Å². The Morgan fingerprint density at radius 3 is 2.87 bits per heavy atom. The number of nitrogens with zero attached hydrogens (tertiary/aromatic N) is 2. The third kappa shape index (κ3) is 3.56. The van der Waals surface area contributed by atoms with Crippen LogP contribution in [0.4, 0.5) is 5.69 Å². The average Bonchev–Trinajstić information content (AvgIpc) is 2.97. The van der Waals surface area contributed by atoms with Crippen LogP contribution in [0, 0.1) is 10.1 Å². The number of hydrogen-bond donors (Lipinski definition) is 1. The van der Waals surface area contributed by atoms with Gasteiger partial charge in [-0.2, -0.15) is 0 Å². The van der Waals surface area contributed by atoms with Crippen molar-refractivity contribution in [2.45, 2.75) is 32.1 Å². The molecule has 0 fully saturated rings. The Labute approximate surface area is 137 Å². The van der Waals surface area contributed by atoms with Crippen LogP contribution in [-0.4, -0.2) is 22.4 Å². The lowest BCUT2D eigenvalue weighted by Crippen LogP contribution is -2.26. The average molecular weight is 331 g/mol. The van der Waals surface area contributed by atoms with Gasteiger partial charge in [0.25, 0.3) is 11.6 Å². The van der Waals surface area contributed by atoms with Gasteiger partial charge in [-0.3, -0.25) is 14.9 Å². The van der Waals surface area contributed by atoms with Gasteiger partial charge in [0.05, 0.1) is 15.6 Å². The molecule has 0 aliphatic heterocycles. The van der Waals surface area contributed by atoms with Crippen molar-refractivity contribution in [1.82, 2.24) is 10.3 Å². The third-order valence-corrected chi connectivity index (χ3v) is 5.08. The molecule has 1 N–H and O–H groups in total. The molecule has 1 aromatic carbocycles. The molecular weight excluding hydrogens is 314 g/mol. The zero-order valence-corrected chi connectivity index (χ0v) is 13.4. The molecule has 120 valence electrons. The lowest BCUT2D eigenvalue weighted by Gasteiger charge is -2.06. The number of nitro benzene ring substituents is 1. The Morgan fingerprint density at radius 1 is 1.30 bits per heavy atom. The monoisotopic (exact) mass is 331 g/mol. The molecule has 6 nitrogen and oxygen atoms in total. The molecule has 1 aromatic heterocycles. The van der Waals surface area contributed by atoms with Crippen molar-refractivity contribution in [3.05, 3.63) is 55.5 Å². The number of carbonyl (C=O) groups excluding carboxylic acids is 1. The maximum Gasteiger partial charge on any atom is 0.282 e. The summed E-state index contributed by atoms with van der Waals surface area (Å²) in [6.45, 7) is 0.428. The summed E-state index contributed by atoms with van der Waals surface area (Å²) >= 11 is 1.72. The van der Waals surface area contributed by atoms with Crippen molar-refractivity contribution in [3.8, 4) is 0 Å². The lowest BCUT2D eigenvalue weighted by atomic mass is 10.0. The highest BCUT2D eigenvalue weighted by molar-refractivity contribution is 7.11. The highest BCUT2D eigenvalue weighted by atomic mass is 32.1. The SMILES string of the molecule is O=C(NCCc1nc2c(s1)CCCC2)c1ccccc1[N+](=O)[O-]. The number of amides is 1. The molecule has 1 heterocycles. The van der Waals surface area contributed by atoms with E-state index in [1.165, 1.54) is 35.5 Å². The predicted molar refractivity (Wildman–Crippen MR) is 87.9 cm³/mol. The quantitative estimate of drug-likeness (QED) is 0.674. The van der Waals surface area contributed by atoms with Crippen LogP contribution in [0.15, 0.2) is 24.3 Å². The fraction of sp³-hybridized carbons (Fsp3) is 0.375. The number of aromatic nitrogens is 1. The van der Waals surface area contributed by atoms with Gasteiger partial charge < -0.3 is 5.32 Å². The van der Waals surface area contributed by atoms with E-state index >= 15 is 0 Å². The molecule has 0 unspecified atom stereocenters. The topological polar surface area (TPSA) is 85.1 Å². The number of carbonyl (C=O) groups is 1. The van der Waals surface area contributed by atoms with Crippen LogP contribution in [0.1, 0.15) is 38.8 Å². The minimum Gasteiger partial charge on any atom is -0.351 e. The molecule has 2 aromatic rings. The first-order chi connectivity index (χ1) is 11.1. The van der Waals surface area contributed by atoms with Crippen molar-refractivity contribution in [1.29, 1.82) is 0 Å². The molecule has 7 heteroatoms. The smallest absolute Gasteiger partial charge is 0.282 e. The fourth-order valence-corrected chi connectivity index (χ4v) is 3.87. The molecule has 0 spiro atoms. The molecule has 1 aliphatic carbocycles. The maximum absolute atomic E-state index is 12.1. The van der Waals surface area contributed by atoms with Crippen LogP contribution >= 0.6 is 11.3 Å². The van der Waals surface area contributed by atoms with Gasteiger partial charge in [0.15, 0.2) is 0 Å². The first kappa shape index (κ1) is 15.6. The summed E-state index contributed by atoms with van der Waals surface area (Å²) in [6, 6.07) is 5.98. The fourth-order valence-electron chi connectivity index (χ4n) is 2.72.